The number of aromatic nitrogens is 2. The van der Waals surface area contributed by atoms with Crippen LogP contribution < -0.4 is 10.6 Å². The highest BCUT2D eigenvalue weighted by Gasteiger charge is 2.16. The lowest BCUT2D eigenvalue weighted by atomic mass is 10.1. The molecule has 1 heterocycles. The van der Waals surface area contributed by atoms with E-state index in [0.29, 0.717) is 19.0 Å². The summed E-state index contributed by atoms with van der Waals surface area (Å²) >= 11 is 0. The molecule has 0 saturated carbocycles. The van der Waals surface area contributed by atoms with Crippen LogP contribution in [0.4, 0.5) is 4.39 Å². The summed E-state index contributed by atoms with van der Waals surface area (Å²) in [6, 6.07) is 17.0. The average Bonchev–Trinajstić information content (AvgIpc) is 3.08. The number of para-hydroxylation sites is 1. The van der Waals surface area contributed by atoms with Crippen molar-refractivity contribution in [1.29, 1.82) is 0 Å². The third-order valence-corrected chi connectivity index (χ3v) is 5.22. The van der Waals surface area contributed by atoms with Gasteiger partial charge in [-0.15, -0.1) is 0 Å². The van der Waals surface area contributed by atoms with Crippen molar-refractivity contribution >= 4 is 5.96 Å². The van der Waals surface area contributed by atoms with Crippen LogP contribution in [0.25, 0.3) is 5.69 Å². The van der Waals surface area contributed by atoms with Gasteiger partial charge < -0.3 is 15.5 Å². The first-order chi connectivity index (χ1) is 14.9. The Labute approximate surface area is 183 Å². The molecule has 2 aromatic carbocycles. The largest absolute Gasteiger partial charge is 0.354 e. The van der Waals surface area contributed by atoms with Crippen molar-refractivity contribution in [3.8, 4) is 5.69 Å². The van der Waals surface area contributed by atoms with Gasteiger partial charge in [-0.1, -0.05) is 30.3 Å². The molecule has 1 unspecified atom stereocenters. The molecule has 164 valence electrons. The number of likely N-dealkylation sites (N-methyl/N-ethyl adjacent to an activating group) is 1. The maximum absolute atomic E-state index is 13.7. The van der Waals surface area contributed by atoms with E-state index in [2.05, 4.69) is 50.7 Å². The number of aliphatic imine (C=N–C) groups is 1. The lowest BCUT2D eigenvalue weighted by molar-refractivity contribution is 0.297. The predicted octanol–water partition coefficient (Wildman–Crippen LogP) is 3.60. The molecule has 3 rings (SSSR count). The molecule has 3 aromatic rings. The minimum atomic E-state index is -0.229. The predicted molar refractivity (Wildman–Crippen MR) is 124 cm³/mol. The number of rotatable bonds is 7. The Morgan fingerprint density at radius 1 is 1.10 bits per heavy atom. The summed E-state index contributed by atoms with van der Waals surface area (Å²) in [5.41, 5.74) is 5.16. The van der Waals surface area contributed by atoms with Crippen LogP contribution in [0.3, 0.4) is 0 Å². The Hall–Kier alpha value is -3.19. The van der Waals surface area contributed by atoms with Crippen molar-refractivity contribution in [3.05, 3.63) is 82.9 Å². The summed E-state index contributed by atoms with van der Waals surface area (Å²) in [6.45, 7) is 5.24. The Morgan fingerprint density at radius 2 is 1.87 bits per heavy atom. The Morgan fingerprint density at radius 3 is 2.52 bits per heavy atom. The summed E-state index contributed by atoms with van der Waals surface area (Å²) in [5.74, 6) is 0.457. The zero-order valence-corrected chi connectivity index (χ0v) is 18.9. The van der Waals surface area contributed by atoms with E-state index in [1.54, 1.807) is 19.2 Å². The van der Waals surface area contributed by atoms with E-state index in [4.69, 9.17) is 0 Å². The van der Waals surface area contributed by atoms with Crippen LogP contribution in [0.2, 0.25) is 0 Å². The van der Waals surface area contributed by atoms with Gasteiger partial charge in [0.1, 0.15) is 5.82 Å². The van der Waals surface area contributed by atoms with Crippen LogP contribution in [0.1, 0.15) is 28.6 Å². The van der Waals surface area contributed by atoms with E-state index < -0.39 is 0 Å². The highest BCUT2D eigenvalue weighted by Crippen LogP contribution is 2.19. The van der Waals surface area contributed by atoms with Crippen LogP contribution in [-0.4, -0.2) is 48.3 Å². The second-order valence-electron chi connectivity index (χ2n) is 7.81. The lowest BCUT2D eigenvalue weighted by Crippen LogP contribution is -2.41. The number of aryl methyl sites for hydroxylation is 2. The van der Waals surface area contributed by atoms with E-state index in [1.807, 2.05) is 43.9 Å². The molecule has 0 bridgehead atoms. The maximum Gasteiger partial charge on any atom is 0.191 e. The van der Waals surface area contributed by atoms with Crippen molar-refractivity contribution in [2.24, 2.45) is 4.99 Å². The monoisotopic (exact) mass is 422 g/mol. The van der Waals surface area contributed by atoms with Gasteiger partial charge in [0, 0.05) is 25.8 Å². The number of guanidine groups is 1. The van der Waals surface area contributed by atoms with Crippen LogP contribution in [0.15, 0.2) is 59.6 Å². The molecule has 0 saturated heterocycles. The number of hydrogen-bond donors (Lipinski definition) is 2. The van der Waals surface area contributed by atoms with Gasteiger partial charge in [0.2, 0.25) is 0 Å². The summed E-state index contributed by atoms with van der Waals surface area (Å²) in [4.78, 5) is 6.41. The molecule has 7 heteroatoms. The van der Waals surface area contributed by atoms with Crippen LogP contribution in [0.5, 0.6) is 0 Å². The Kier molecular flexibility index (Phi) is 7.41. The zero-order chi connectivity index (χ0) is 22.4. The molecule has 0 amide bonds. The fourth-order valence-electron chi connectivity index (χ4n) is 3.65. The second-order valence-corrected chi connectivity index (χ2v) is 7.81. The molecule has 6 nitrogen and oxygen atoms in total. The Bertz CT molecular complexity index is 1040. The van der Waals surface area contributed by atoms with E-state index in [0.717, 1.165) is 28.2 Å². The van der Waals surface area contributed by atoms with Crippen LogP contribution in [-0.2, 0) is 6.54 Å². The highest BCUT2D eigenvalue weighted by atomic mass is 19.1. The molecule has 0 spiro atoms. The van der Waals surface area contributed by atoms with Crippen molar-refractivity contribution in [3.63, 3.8) is 0 Å². The first kappa shape index (κ1) is 22.5. The SMILES string of the molecule is CN=C(NCc1ccccc1-n1nc(C)cc1C)NCC(c1cccc(F)c1)N(C)C. The normalized spacial score (nSPS) is 12.8. The molecule has 0 aliphatic heterocycles. The van der Waals surface area contributed by atoms with E-state index in [1.165, 1.54) is 6.07 Å². The van der Waals surface area contributed by atoms with Gasteiger partial charge in [0.05, 0.1) is 17.4 Å². The summed E-state index contributed by atoms with van der Waals surface area (Å²) in [6.07, 6.45) is 0. The van der Waals surface area contributed by atoms with Gasteiger partial charge >= 0.3 is 0 Å². The van der Waals surface area contributed by atoms with Crippen molar-refractivity contribution in [2.45, 2.75) is 26.4 Å². The molecule has 31 heavy (non-hydrogen) atoms. The standard InChI is InChI=1S/C24H31FN6/c1-17-13-18(2)31(29-17)22-12-7-6-9-20(22)15-27-24(26-3)28-16-23(30(4)5)19-10-8-11-21(25)14-19/h6-14,23H,15-16H2,1-5H3,(H2,26,27,28). The van der Waals surface area contributed by atoms with Gasteiger partial charge in [0.15, 0.2) is 5.96 Å². The fraction of sp³-hybridized carbons (Fsp3) is 0.333. The summed E-state index contributed by atoms with van der Waals surface area (Å²) in [7, 11) is 5.71. The number of nitrogens with zero attached hydrogens (tertiary/aromatic N) is 4. The van der Waals surface area contributed by atoms with Crippen LogP contribution >= 0.6 is 0 Å². The van der Waals surface area contributed by atoms with Gasteiger partial charge in [-0.05, 0) is 63.3 Å². The molecule has 0 aliphatic carbocycles. The molecule has 0 fully saturated rings. The molecule has 1 aromatic heterocycles. The Balaban J connectivity index is 1.68. The van der Waals surface area contributed by atoms with E-state index in [9.17, 15) is 4.39 Å². The molecular formula is C24H31FN6. The summed E-state index contributed by atoms with van der Waals surface area (Å²) in [5, 5.41) is 11.4. The second kappa shape index (κ2) is 10.2. The van der Waals surface area contributed by atoms with Crippen LogP contribution in [0, 0.1) is 19.7 Å². The van der Waals surface area contributed by atoms with Gasteiger partial charge in [-0.25, -0.2) is 9.07 Å². The maximum atomic E-state index is 13.7. The lowest BCUT2D eigenvalue weighted by Gasteiger charge is -2.26. The van der Waals surface area contributed by atoms with Crippen molar-refractivity contribution in [2.75, 3.05) is 27.7 Å². The number of benzene rings is 2. The zero-order valence-electron chi connectivity index (χ0n) is 18.9. The van der Waals surface area contributed by atoms with Crippen molar-refractivity contribution in [1.82, 2.24) is 25.3 Å². The molecular weight excluding hydrogens is 391 g/mol. The third-order valence-electron chi connectivity index (χ3n) is 5.22. The number of hydrogen-bond acceptors (Lipinski definition) is 3. The van der Waals surface area contributed by atoms with E-state index >= 15 is 0 Å². The minimum Gasteiger partial charge on any atom is -0.354 e. The minimum absolute atomic E-state index is 0.0104. The highest BCUT2D eigenvalue weighted by molar-refractivity contribution is 5.79. The summed E-state index contributed by atoms with van der Waals surface area (Å²) < 4.78 is 15.7. The first-order valence-corrected chi connectivity index (χ1v) is 10.4. The molecule has 2 N–H and O–H groups in total. The van der Waals surface area contributed by atoms with Gasteiger partial charge in [-0.2, -0.15) is 5.10 Å². The third kappa shape index (κ3) is 5.70. The number of nitrogens with one attached hydrogen (secondary N) is 2. The average molecular weight is 423 g/mol. The quantitative estimate of drug-likeness (QED) is 0.451. The smallest absolute Gasteiger partial charge is 0.191 e. The van der Waals surface area contributed by atoms with E-state index in [-0.39, 0.29) is 11.9 Å². The first-order valence-electron chi connectivity index (χ1n) is 10.4. The van der Waals surface area contributed by atoms with Gasteiger partial charge in [-0.3, -0.25) is 4.99 Å². The molecule has 0 aliphatic rings. The molecule has 1 atom stereocenters. The molecule has 0 radical (unpaired) electrons. The fourth-order valence-corrected chi connectivity index (χ4v) is 3.65. The van der Waals surface area contributed by atoms with Crippen molar-refractivity contribution < 1.29 is 4.39 Å². The number of halogens is 1. The van der Waals surface area contributed by atoms with Gasteiger partial charge in [0.25, 0.3) is 0 Å². The topological polar surface area (TPSA) is 57.5 Å².